The zero-order valence-electron chi connectivity index (χ0n) is 12.9. The van der Waals surface area contributed by atoms with Crippen LogP contribution in [0, 0.1) is 12.8 Å². The predicted octanol–water partition coefficient (Wildman–Crippen LogP) is 4.09. The van der Waals surface area contributed by atoms with E-state index in [1.165, 1.54) is 17.5 Å². The molecule has 1 unspecified atom stereocenters. The smallest absolute Gasteiger partial charge is 0.122 e. The molecular formula is C17H29NO. The molecule has 0 fully saturated rings. The molecule has 0 radical (unpaired) electrons. The van der Waals surface area contributed by atoms with Gasteiger partial charge in [0.2, 0.25) is 0 Å². The largest absolute Gasteiger partial charge is 0.493 e. The van der Waals surface area contributed by atoms with Gasteiger partial charge < -0.3 is 10.5 Å². The summed E-state index contributed by atoms with van der Waals surface area (Å²) in [6, 6.07) is 6.62. The summed E-state index contributed by atoms with van der Waals surface area (Å²) in [6.45, 7) is 9.54. The van der Waals surface area contributed by atoms with Crippen molar-refractivity contribution in [3.8, 4) is 5.75 Å². The van der Waals surface area contributed by atoms with E-state index in [0.29, 0.717) is 0 Å². The van der Waals surface area contributed by atoms with Crippen LogP contribution in [0.3, 0.4) is 0 Å². The lowest BCUT2D eigenvalue weighted by molar-refractivity contribution is 0.294. The van der Waals surface area contributed by atoms with Gasteiger partial charge in [-0.25, -0.2) is 0 Å². The highest BCUT2D eigenvalue weighted by Crippen LogP contribution is 2.22. The normalized spacial score (nSPS) is 12.7. The first kappa shape index (κ1) is 16.0. The molecule has 0 spiro atoms. The highest BCUT2D eigenvalue weighted by atomic mass is 16.5. The minimum absolute atomic E-state index is 0.222. The van der Waals surface area contributed by atoms with Crippen molar-refractivity contribution in [2.45, 2.75) is 59.4 Å². The monoisotopic (exact) mass is 263 g/mol. The van der Waals surface area contributed by atoms with Gasteiger partial charge in [-0.3, -0.25) is 0 Å². The summed E-state index contributed by atoms with van der Waals surface area (Å²) in [6.07, 6.45) is 4.24. The minimum atomic E-state index is 0.222. The highest BCUT2D eigenvalue weighted by Gasteiger charge is 2.08. The lowest BCUT2D eigenvalue weighted by Crippen LogP contribution is -2.21. The first-order valence-electron chi connectivity index (χ1n) is 7.50. The zero-order chi connectivity index (χ0) is 14.3. The van der Waals surface area contributed by atoms with Crippen molar-refractivity contribution in [3.63, 3.8) is 0 Å². The number of hydrogen-bond acceptors (Lipinski definition) is 2. The maximum Gasteiger partial charge on any atom is 0.122 e. The summed E-state index contributed by atoms with van der Waals surface area (Å²) in [5.74, 6) is 1.76. The van der Waals surface area contributed by atoms with Crippen LogP contribution >= 0.6 is 0 Å². The minimum Gasteiger partial charge on any atom is -0.493 e. The third kappa shape index (κ3) is 6.11. The fourth-order valence-electron chi connectivity index (χ4n) is 2.11. The van der Waals surface area contributed by atoms with E-state index in [1.807, 2.05) is 0 Å². The Labute approximate surface area is 118 Å². The number of rotatable bonds is 8. The summed E-state index contributed by atoms with van der Waals surface area (Å²) in [4.78, 5) is 0. The molecule has 2 nitrogen and oxygen atoms in total. The van der Waals surface area contributed by atoms with Gasteiger partial charge in [0, 0.05) is 6.04 Å². The standard InChI is InChI=1S/C17H29NO/c1-5-16(18)12-15-11-14(4)8-9-17(15)19-10-6-7-13(2)3/h8-9,11,13,16H,5-7,10,12,18H2,1-4H3. The van der Waals surface area contributed by atoms with Crippen molar-refractivity contribution in [1.82, 2.24) is 0 Å². The average Bonchev–Trinajstić information content (AvgIpc) is 2.36. The molecule has 0 aromatic heterocycles. The second-order valence-electron chi connectivity index (χ2n) is 5.87. The van der Waals surface area contributed by atoms with Crippen LogP contribution in [0.15, 0.2) is 18.2 Å². The van der Waals surface area contributed by atoms with Crippen molar-refractivity contribution in [2.24, 2.45) is 11.7 Å². The summed E-state index contributed by atoms with van der Waals surface area (Å²) in [7, 11) is 0. The molecule has 0 aliphatic rings. The Kier molecular flexibility index (Phi) is 6.93. The van der Waals surface area contributed by atoms with Crippen LogP contribution in [0.1, 0.15) is 51.2 Å². The molecule has 0 bridgehead atoms. The number of ether oxygens (including phenoxy) is 1. The van der Waals surface area contributed by atoms with Gasteiger partial charge in [-0.15, -0.1) is 0 Å². The van der Waals surface area contributed by atoms with Crippen molar-refractivity contribution in [1.29, 1.82) is 0 Å². The van der Waals surface area contributed by atoms with Crippen molar-refractivity contribution >= 4 is 0 Å². The number of nitrogens with two attached hydrogens (primary N) is 1. The van der Waals surface area contributed by atoms with Gasteiger partial charge in [-0.05, 0) is 50.2 Å². The third-order valence-corrected chi connectivity index (χ3v) is 3.41. The Balaban J connectivity index is 2.60. The fraction of sp³-hybridized carbons (Fsp3) is 0.647. The van der Waals surface area contributed by atoms with Crippen LogP contribution in [-0.2, 0) is 6.42 Å². The molecule has 0 heterocycles. The average molecular weight is 263 g/mol. The van der Waals surface area contributed by atoms with Gasteiger partial charge in [0.15, 0.2) is 0 Å². The first-order chi connectivity index (χ1) is 9.02. The lowest BCUT2D eigenvalue weighted by atomic mass is 10.0. The Morgan fingerprint density at radius 3 is 2.63 bits per heavy atom. The molecule has 0 amide bonds. The molecule has 2 heteroatoms. The molecule has 0 saturated carbocycles. The molecule has 1 rings (SSSR count). The Morgan fingerprint density at radius 1 is 1.26 bits per heavy atom. The van der Waals surface area contributed by atoms with Gasteiger partial charge in [-0.1, -0.05) is 38.5 Å². The fourth-order valence-corrected chi connectivity index (χ4v) is 2.11. The molecular weight excluding hydrogens is 234 g/mol. The van der Waals surface area contributed by atoms with Crippen molar-refractivity contribution < 1.29 is 4.74 Å². The van der Waals surface area contributed by atoms with Crippen molar-refractivity contribution in [3.05, 3.63) is 29.3 Å². The summed E-state index contributed by atoms with van der Waals surface area (Å²) in [5, 5.41) is 0. The molecule has 108 valence electrons. The van der Waals surface area contributed by atoms with Crippen LogP contribution in [0.4, 0.5) is 0 Å². The van der Waals surface area contributed by atoms with Crippen LogP contribution in [0.5, 0.6) is 5.75 Å². The van der Waals surface area contributed by atoms with E-state index in [-0.39, 0.29) is 6.04 Å². The summed E-state index contributed by atoms with van der Waals surface area (Å²) < 4.78 is 5.93. The topological polar surface area (TPSA) is 35.2 Å². The molecule has 19 heavy (non-hydrogen) atoms. The van der Waals surface area contributed by atoms with Crippen LogP contribution < -0.4 is 10.5 Å². The zero-order valence-corrected chi connectivity index (χ0v) is 12.9. The molecule has 1 aromatic carbocycles. The van der Waals surface area contributed by atoms with Gasteiger partial charge in [-0.2, -0.15) is 0 Å². The Bertz CT molecular complexity index is 374. The number of aryl methyl sites for hydroxylation is 1. The SMILES string of the molecule is CCC(N)Cc1cc(C)ccc1OCCCC(C)C. The van der Waals surface area contributed by atoms with Crippen molar-refractivity contribution in [2.75, 3.05) is 6.61 Å². The van der Waals surface area contributed by atoms with E-state index in [1.54, 1.807) is 0 Å². The van der Waals surface area contributed by atoms with Crippen LogP contribution in [-0.4, -0.2) is 12.6 Å². The third-order valence-electron chi connectivity index (χ3n) is 3.41. The number of hydrogen-bond donors (Lipinski definition) is 1. The highest BCUT2D eigenvalue weighted by molar-refractivity contribution is 5.37. The molecule has 1 atom stereocenters. The van der Waals surface area contributed by atoms with E-state index in [4.69, 9.17) is 10.5 Å². The first-order valence-corrected chi connectivity index (χ1v) is 7.50. The van der Waals surface area contributed by atoms with E-state index in [2.05, 4.69) is 45.9 Å². The maximum absolute atomic E-state index is 6.06. The lowest BCUT2D eigenvalue weighted by Gasteiger charge is -2.15. The molecule has 0 aliphatic heterocycles. The quantitative estimate of drug-likeness (QED) is 0.717. The molecule has 2 N–H and O–H groups in total. The second kappa shape index (κ2) is 8.21. The Morgan fingerprint density at radius 2 is 2.00 bits per heavy atom. The van der Waals surface area contributed by atoms with Crippen LogP contribution in [0.2, 0.25) is 0 Å². The molecule has 0 aliphatic carbocycles. The van der Waals surface area contributed by atoms with Crippen LogP contribution in [0.25, 0.3) is 0 Å². The molecule has 0 saturated heterocycles. The van der Waals surface area contributed by atoms with E-state index >= 15 is 0 Å². The summed E-state index contributed by atoms with van der Waals surface area (Å²) in [5.41, 5.74) is 8.58. The van der Waals surface area contributed by atoms with Gasteiger partial charge in [0.25, 0.3) is 0 Å². The van der Waals surface area contributed by atoms with E-state index in [9.17, 15) is 0 Å². The van der Waals surface area contributed by atoms with Gasteiger partial charge in [0.05, 0.1) is 6.61 Å². The Hall–Kier alpha value is -1.02. The summed E-state index contributed by atoms with van der Waals surface area (Å²) >= 11 is 0. The predicted molar refractivity (Wildman–Crippen MR) is 82.7 cm³/mol. The second-order valence-corrected chi connectivity index (χ2v) is 5.87. The van der Waals surface area contributed by atoms with Gasteiger partial charge in [0.1, 0.15) is 5.75 Å². The van der Waals surface area contributed by atoms with E-state index in [0.717, 1.165) is 37.5 Å². The maximum atomic E-state index is 6.06. The number of benzene rings is 1. The molecule has 1 aromatic rings. The van der Waals surface area contributed by atoms with Gasteiger partial charge >= 0.3 is 0 Å². The van der Waals surface area contributed by atoms with E-state index < -0.39 is 0 Å².